The molecule has 8 heteroatoms. The Kier molecular flexibility index (Phi) is 7.22. The largest absolute Gasteiger partial charge is 0.476 e. The third-order valence-electron chi connectivity index (χ3n) is 6.95. The average Bonchev–Trinajstić information content (AvgIpc) is 3.40. The molecule has 0 saturated carbocycles. The highest BCUT2D eigenvalue weighted by Gasteiger charge is 2.37. The smallest absolute Gasteiger partial charge is 0.264 e. The number of rotatable bonds is 7. The number of benzene rings is 3. The summed E-state index contributed by atoms with van der Waals surface area (Å²) < 4.78 is 34.5. The van der Waals surface area contributed by atoms with E-state index in [9.17, 15) is 13.2 Å². The maximum atomic E-state index is 13.6. The van der Waals surface area contributed by atoms with Crippen molar-refractivity contribution in [1.29, 1.82) is 0 Å². The zero-order chi connectivity index (χ0) is 26.0. The standard InChI is InChI=1S/C29H33N3O4S/c1-21-8-11-25(12-9-21)37(34,35)32-20-28(36-27-16-22(2)10-13-26(27)32)29(33)30-18-23-6-5-7-24(17-23)19-31-14-3-4-15-31/h5-13,16-17,28H,3-4,14-15,18-20H2,1-2H3,(H,30,33)/t28-/m0/s1. The van der Waals surface area contributed by atoms with E-state index in [4.69, 9.17) is 4.74 Å². The fourth-order valence-electron chi connectivity index (χ4n) is 4.90. The summed E-state index contributed by atoms with van der Waals surface area (Å²) in [7, 11) is -3.89. The highest BCUT2D eigenvalue weighted by atomic mass is 32.2. The van der Waals surface area contributed by atoms with Crippen LogP contribution in [-0.4, -0.2) is 45.0 Å². The summed E-state index contributed by atoms with van der Waals surface area (Å²) in [5.74, 6) is 0.0379. The van der Waals surface area contributed by atoms with E-state index < -0.39 is 16.1 Å². The number of hydrogen-bond donors (Lipinski definition) is 1. The summed E-state index contributed by atoms with van der Waals surface area (Å²) in [5, 5.41) is 2.96. The van der Waals surface area contributed by atoms with Crippen LogP contribution < -0.4 is 14.4 Å². The highest BCUT2D eigenvalue weighted by Crippen LogP contribution is 2.37. The zero-order valence-electron chi connectivity index (χ0n) is 21.3. The van der Waals surface area contributed by atoms with Gasteiger partial charge in [0.15, 0.2) is 6.10 Å². The Morgan fingerprint density at radius 3 is 2.41 bits per heavy atom. The zero-order valence-corrected chi connectivity index (χ0v) is 22.1. The molecule has 2 heterocycles. The van der Waals surface area contributed by atoms with E-state index >= 15 is 0 Å². The number of carbonyl (C=O) groups excluding carboxylic acids is 1. The van der Waals surface area contributed by atoms with Crippen molar-refractivity contribution in [2.24, 2.45) is 0 Å². The summed E-state index contributed by atoms with van der Waals surface area (Å²) in [5.41, 5.74) is 4.55. The Labute approximate surface area is 219 Å². The van der Waals surface area contributed by atoms with Crippen LogP contribution in [0.4, 0.5) is 5.69 Å². The van der Waals surface area contributed by atoms with Crippen molar-refractivity contribution >= 4 is 21.6 Å². The van der Waals surface area contributed by atoms with Crippen LogP contribution in [0.1, 0.15) is 35.1 Å². The molecular formula is C29H33N3O4S. The van der Waals surface area contributed by atoms with Gasteiger partial charge in [0.05, 0.1) is 17.1 Å². The van der Waals surface area contributed by atoms with Crippen molar-refractivity contribution in [2.75, 3.05) is 23.9 Å². The fourth-order valence-corrected chi connectivity index (χ4v) is 6.38. The molecule has 2 aliphatic rings. The SMILES string of the molecule is Cc1ccc(S(=O)(=O)N2C[C@@H](C(=O)NCc3cccc(CN4CCCC4)c3)Oc3cc(C)ccc32)cc1. The molecule has 7 nitrogen and oxygen atoms in total. The molecule has 1 saturated heterocycles. The second-order valence-corrected chi connectivity index (χ2v) is 11.8. The normalized spacial score (nSPS) is 17.8. The van der Waals surface area contributed by atoms with Crippen molar-refractivity contribution < 1.29 is 17.9 Å². The van der Waals surface area contributed by atoms with E-state index in [1.54, 1.807) is 36.4 Å². The van der Waals surface area contributed by atoms with Crippen molar-refractivity contribution in [2.45, 2.75) is 50.8 Å². The minimum atomic E-state index is -3.89. The van der Waals surface area contributed by atoms with E-state index in [0.29, 0.717) is 18.0 Å². The van der Waals surface area contributed by atoms with Crippen molar-refractivity contribution in [3.63, 3.8) is 0 Å². The van der Waals surface area contributed by atoms with Gasteiger partial charge in [-0.15, -0.1) is 0 Å². The first-order chi connectivity index (χ1) is 17.8. The molecule has 3 aromatic carbocycles. The van der Waals surface area contributed by atoms with Crippen molar-refractivity contribution in [3.05, 3.63) is 89.0 Å². The Balaban J connectivity index is 1.33. The fraction of sp³-hybridized carbons (Fsp3) is 0.345. The minimum absolute atomic E-state index is 0.104. The third kappa shape index (κ3) is 5.65. The molecule has 0 unspecified atom stereocenters. The van der Waals surface area contributed by atoms with Crippen molar-refractivity contribution in [3.8, 4) is 5.75 Å². The second-order valence-electron chi connectivity index (χ2n) is 9.95. The lowest BCUT2D eigenvalue weighted by molar-refractivity contribution is -0.127. The van der Waals surface area contributed by atoms with Gasteiger partial charge < -0.3 is 10.1 Å². The number of amides is 1. The molecule has 1 fully saturated rings. The van der Waals surface area contributed by atoms with Gasteiger partial charge in [-0.3, -0.25) is 14.0 Å². The molecule has 0 aliphatic carbocycles. The summed E-state index contributed by atoms with van der Waals surface area (Å²) in [6.45, 7) is 7.22. The van der Waals surface area contributed by atoms with Gasteiger partial charge in [-0.25, -0.2) is 8.42 Å². The van der Waals surface area contributed by atoms with Crippen molar-refractivity contribution in [1.82, 2.24) is 10.2 Å². The number of fused-ring (bicyclic) bond motifs is 1. The van der Waals surface area contributed by atoms with Gasteiger partial charge in [0.2, 0.25) is 0 Å². The Bertz CT molecular complexity index is 1380. The van der Waals surface area contributed by atoms with E-state index in [1.807, 2.05) is 32.0 Å². The number of nitrogens with zero attached hydrogens (tertiary/aromatic N) is 2. The lowest BCUT2D eigenvalue weighted by Crippen LogP contribution is -2.50. The second kappa shape index (κ2) is 10.6. The van der Waals surface area contributed by atoms with Gasteiger partial charge in [0.25, 0.3) is 15.9 Å². The summed E-state index contributed by atoms with van der Waals surface area (Å²) in [6, 6.07) is 20.3. The monoisotopic (exact) mass is 519 g/mol. The molecule has 1 atom stereocenters. The average molecular weight is 520 g/mol. The van der Waals surface area contributed by atoms with E-state index in [1.165, 1.54) is 22.7 Å². The molecule has 1 amide bonds. The molecule has 5 rings (SSSR count). The number of nitrogens with one attached hydrogen (secondary N) is 1. The molecule has 2 aliphatic heterocycles. The lowest BCUT2D eigenvalue weighted by atomic mass is 10.1. The van der Waals surface area contributed by atoms with E-state index in [2.05, 4.69) is 22.3 Å². The van der Waals surface area contributed by atoms with Crippen LogP contribution >= 0.6 is 0 Å². The number of carbonyl (C=O) groups is 1. The summed E-state index contributed by atoms with van der Waals surface area (Å²) in [6.07, 6.45) is 1.52. The molecule has 3 aromatic rings. The first-order valence-electron chi connectivity index (χ1n) is 12.7. The number of sulfonamides is 1. The Hall–Kier alpha value is -3.36. The molecule has 0 radical (unpaired) electrons. The quantitative estimate of drug-likeness (QED) is 0.507. The molecule has 1 N–H and O–H groups in total. The molecule has 0 bridgehead atoms. The van der Waals surface area contributed by atoms with Crippen LogP contribution in [0.25, 0.3) is 0 Å². The number of ether oxygens (including phenoxy) is 1. The van der Waals surface area contributed by atoms with Crippen LogP contribution in [-0.2, 0) is 27.9 Å². The van der Waals surface area contributed by atoms with E-state index in [0.717, 1.165) is 36.3 Å². The van der Waals surface area contributed by atoms with Gasteiger partial charge in [0, 0.05) is 13.1 Å². The van der Waals surface area contributed by atoms with Gasteiger partial charge in [-0.05, 0) is 80.7 Å². The first-order valence-corrected chi connectivity index (χ1v) is 14.2. The topological polar surface area (TPSA) is 79.0 Å². The van der Waals surface area contributed by atoms with Gasteiger partial charge in [-0.1, -0.05) is 48.0 Å². The molecule has 0 aromatic heterocycles. The number of likely N-dealkylation sites (tertiary alicyclic amines) is 1. The maximum Gasteiger partial charge on any atom is 0.264 e. The van der Waals surface area contributed by atoms with Crippen LogP contribution in [0.5, 0.6) is 5.75 Å². The number of anilines is 1. The van der Waals surface area contributed by atoms with Crippen LogP contribution in [0, 0.1) is 13.8 Å². The molecule has 37 heavy (non-hydrogen) atoms. The summed E-state index contributed by atoms with van der Waals surface area (Å²) in [4.78, 5) is 15.8. The van der Waals surface area contributed by atoms with Crippen LogP contribution in [0.3, 0.4) is 0 Å². The molecular weight excluding hydrogens is 486 g/mol. The Morgan fingerprint density at radius 2 is 1.65 bits per heavy atom. The summed E-state index contributed by atoms with van der Waals surface area (Å²) >= 11 is 0. The van der Waals surface area contributed by atoms with Gasteiger partial charge in [0.1, 0.15) is 5.75 Å². The lowest BCUT2D eigenvalue weighted by Gasteiger charge is -2.35. The Morgan fingerprint density at radius 1 is 0.946 bits per heavy atom. The predicted molar refractivity (Wildman–Crippen MR) is 144 cm³/mol. The molecule has 0 spiro atoms. The predicted octanol–water partition coefficient (Wildman–Crippen LogP) is 4.17. The highest BCUT2D eigenvalue weighted by molar-refractivity contribution is 7.92. The minimum Gasteiger partial charge on any atom is -0.476 e. The molecule has 194 valence electrons. The van der Waals surface area contributed by atoms with Gasteiger partial charge >= 0.3 is 0 Å². The van der Waals surface area contributed by atoms with Crippen LogP contribution in [0.15, 0.2) is 71.6 Å². The third-order valence-corrected chi connectivity index (χ3v) is 8.74. The van der Waals surface area contributed by atoms with E-state index in [-0.39, 0.29) is 17.3 Å². The van der Waals surface area contributed by atoms with Gasteiger partial charge in [-0.2, -0.15) is 0 Å². The number of aryl methyl sites for hydroxylation is 2. The van der Waals surface area contributed by atoms with Crippen LogP contribution in [0.2, 0.25) is 0 Å². The number of hydrogen-bond acceptors (Lipinski definition) is 5. The maximum absolute atomic E-state index is 13.6. The first kappa shape index (κ1) is 25.3.